The van der Waals surface area contributed by atoms with Crippen LogP contribution in [0.3, 0.4) is 0 Å². The Morgan fingerprint density at radius 1 is 1.00 bits per heavy atom. The van der Waals surface area contributed by atoms with Crippen LogP contribution in [-0.2, 0) is 0 Å². The van der Waals surface area contributed by atoms with Gasteiger partial charge >= 0.3 is 5.97 Å². The van der Waals surface area contributed by atoms with Gasteiger partial charge in [-0.15, -0.1) is 0 Å². The summed E-state index contributed by atoms with van der Waals surface area (Å²) in [5, 5.41) is 0. The fraction of sp³-hybridized carbons (Fsp3) is 0.120. The number of carbonyl (C=O) groups excluding carboxylic acids is 2. The van der Waals surface area contributed by atoms with Gasteiger partial charge in [-0.2, -0.15) is 0 Å². The maximum atomic E-state index is 12.7. The third-order valence-electron chi connectivity index (χ3n) is 4.92. The van der Waals surface area contributed by atoms with Crippen molar-refractivity contribution in [3.8, 4) is 17.2 Å². The summed E-state index contributed by atoms with van der Waals surface area (Å²) in [6, 6.07) is 17.8. The first-order chi connectivity index (χ1) is 14.5. The zero-order valence-electron chi connectivity index (χ0n) is 16.9. The molecule has 4 rings (SSSR count). The van der Waals surface area contributed by atoms with Crippen LogP contribution in [0.4, 0.5) is 0 Å². The number of allylic oxidation sites excluding steroid dienone is 1. The molecule has 0 atom stereocenters. The standard InChI is InChI=1S/C25H20O5/c1-15-7-9-17(10-8-15)13-22-23(26)20-11-12-21(16(2)24(20)29-22)30-25(27)18-5-4-6-19(14-18)28-3/h4-14H,1-3H3/b22-13-. The van der Waals surface area contributed by atoms with Crippen LogP contribution in [0, 0.1) is 13.8 Å². The summed E-state index contributed by atoms with van der Waals surface area (Å²) >= 11 is 0. The van der Waals surface area contributed by atoms with E-state index in [1.54, 1.807) is 49.4 Å². The Morgan fingerprint density at radius 3 is 2.50 bits per heavy atom. The van der Waals surface area contributed by atoms with Crippen molar-refractivity contribution in [2.24, 2.45) is 0 Å². The van der Waals surface area contributed by atoms with E-state index in [0.29, 0.717) is 33.9 Å². The summed E-state index contributed by atoms with van der Waals surface area (Å²) in [5.41, 5.74) is 3.42. The number of ether oxygens (including phenoxy) is 3. The number of fused-ring (bicyclic) bond motifs is 1. The second kappa shape index (κ2) is 7.87. The number of ketones is 1. The number of Topliss-reactive ketones (excluding diaryl/α,β-unsaturated/α-hetero) is 1. The van der Waals surface area contributed by atoms with E-state index in [2.05, 4.69) is 0 Å². The number of benzene rings is 3. The highest BCUT2D eigenvalue weighted by atomic mass is 16.5. The fourth-order valence-corrected chi connectivity index (χ4v) is 3.20. The summed E-state index contributed by atoms with van der Waals surface area (Å²) < 4.78 is 16.5. The van der Waals surface area contributed by atoms with E-state index in [-0.39, 0.29) is 11.5 Å². The Kier molecular flexibility index (Phi) is 5.11. The van der Waals surface area contributed by atoms with Crippen molar-refractivity contribution in [1.29, 1.82) is 0 Å². The van der Waals surface area contributed by atoms with Gasteiger partial charge in [0.15, 0.2) is 5.76 Å². The minimum atomic E-state index is -0.517. The molecule has 0 N–H and O–H groups in total. The first-order valence-corrected chi connectivity index (χ1v) is 9.47. The summed E-state index contributed by atoms with van der Waals surface area (Å²) in [6.45, 7) is 3.76. The molecule has 3 aromatic carbocycles. The maximum absolute atomic E-state index is 12.7. The lowest BCUT2D eigenvalue weighted by Gasteiger charge is -2.10. The van der Waals surface area contributed by atoms with Crippen LogP contribution in [0.2, 0.25) is 0 Å². The lowest BCUT2D eigenvalue weighted by molar-refractivity contribution is 0.0732. The second-order valence-electron chi connectivity index (χ2n) is 7.04. The van der Waals surface area contributed by atoms with E-state index in [0.717, 1.165) is 11.1 Å². The van der Waals surface area contributed by atoms with Crippen LogP contribution in [0.25, 0.3) is 6.08 Å². The predicted molar refractivity (Wildman–Crippen MR) is 113 cm³/mol. The number of hydrogen-bond donors (Lipinski definition) is 0. The van der Waals surface area contributed by atoms with Gasteiger partial charge in [-0.25, -0.2) is 4.79 Å². The molecule has 0 radical (unpaired) electrons. The molecule has 1 aliphatic heterocycles. The Morgan fingerprint density at radius 2 is 1.77 bits per heavy atom. The molecule has 0 unspecified atom stereocenters. The number of methoxy groups -OCH3 is 1. The maximum Gasteiger partial charge on any atom is 0.343 e. The molecule has 0 aliphatic carbocycles. The SMILES string of the molecule is COc1cccc(C(=O)Oc2ccc3c(c2C)O/C(=C\c2ccc(C)cc2)C3=O)c1. The van der Waals surface area contributed by atoms with Gasteiger partial charge in [0.2, 0.25) is 5.78 Å². The molecule has 30 heavy (non-hydrogen) atoms. The highest BCUT2D eigenvalue weighted by molar-refractivity contribution is 6.15. The van der Waals surface area contributed by atoms with Gasteiger partial charge < -0.3 is 14.2 Å². The summed E-state index contributed by atoms with van der Waals surface area (Å²) in [5.74, 6) is 0.847. The van der Waals surface area contributed by atoms with Crippen LogP contribution in [-0.4, -0.2) is 18.9 Å². The van der Waals surface area contributed by atoms with Crippen LogP contribution >= 0.6 is 0 Å². The van der Waals surface area contributed by atoms with E-state index < -0.39 is 5.97 Å². The van der Waals surface area contributed by atoms with Crippen molar-refractivity contribution in [3.05, 3.63) is 94.2 Å². The van der Waals surface area contributed by atoms with Gasteiger partial charge in [-0.3, -0.25) is 4.79 Å². The average Bonchev–Trinajstić information content (AvgIpc) is 3.08. The molecule has 0 saturated carbocycles. The molecule has 0 aromatic heterocycles. The summed E-state index contributed by atoms with van der Waals surface area (Å²) in [6.07, 6.45) is 1.71. The second-order valence-corrected chi connectivity index (χ2v) is 7.04. The predicted octanol–water partition coefficient (Wildman–Crippen LogP) is 5.15. The van der Waals surface area contributed by atoms with Gasteiger partial charge in [-0.1, -0.05) is 35.9 Å². The quantitative estimate of drug-likeness (QED) is 0.344. The highest BCUT2D eigenvalue weighted by Crippen LogP contribution is 2.39. The number of carbonyl (C=O) groups is 2. The van der Waals surface area contributed by atoms with E-state index >= 15 is 0 Å². The third-order valence-corrected chi connectivity index (χ3v) is 4.92. The Bertz CT molecular complexity index is 1170. The van der Waals surface area contributed by atoms with Crippen LogP contribution in [0.15, 0.2) is 66.4 Å². The van der Waals surface area contributed by atoms with Crippen molar-refractivity contribution < 1.29 is 23.8 Å². The minimum Gasteiger partial charge on any atom is -0.497 e. The van der Waals surface area contributed by atoms with Crippen molar-refractivity contribution in [3.63, 3.8) is 0 Å². The number of rotatable bonds is 4. The largest absolute Gasteiger partial charge is 0.497 e. The van der Waals surface area contributed by atoms with Gasteiger partial charge in [0.25, 0.3) is 0 Å². The Balaban J connectivity index is 1.60. The molecule has 0 fully saturated rings. The molecule has 0 saturated heterocycles. The molecule has 3 aromatic rings. The van der Waals surface area contributed by atoms with Crippen molar-refractivity contribution >= 4 is 17.8 Å². The summed E-state index contributed by atoms with van der Waals surface area (Å²) in [4.78, 5) is 25.3. The zero-order valence-corrected chi connectivity index (χ0v) is 16.9. The van der Waals surface area contributed by atoms with E-state index in [9.17, 15) is 9.59 Å². The minimum absolute atomic E-state index is 0.195. The van der Waals surface area contributed by atoms with Crippen molar-refractivity contribution in [2.75, 3.05) is 7.11 Å². The Labute approximate surface area is 174 Å². The molecule has 5 heteroatoms. The molecule has 0 amide bonds. The lowest BCUT2D eigenvalue weighted by Crippen LogP contribution is -2.09. The van der Waals surface area contributed by atoms with Gasteiger partial charge in [0.05, 0.1) is 18.2 Å². The molecular formula is C25H20O5. The molecular weight excluding hydrogens is 380 g/mol. The van der Waals surface area contributed by atoms with Gasteiger partial charge in [-0.05, 0) is 55.8 Å². The number of esters is 1. The number of aryl methyl sites for hydroxylation is 1. The molecule has 5 nitrogen and oxygen atoms in total. The van der Waals surface area contributed by atoms with E-state index in [1.807, 2.05) is 31.2 Å². The number of hydrogen-bond acceptors (Lipinski definition) is 5. The third kappa shape index (κ3) is 3.70. The Hall–Kier alpha value is -3.86. The molecule has 0 bridgehead atoms. The topological polar surface area (TPSA) is 61.8 Å². The monoisotopic (exact) mass is 400 g/mol. The first kappa shape index (κ1) is 19.5. The smallest absolute Gasteiger partial charge is 0.343 e. The zero-order chi connectivity index (χ0) is 21.3. The van der Waals surface area contributed by atoms with Crippen LogP contribution in [0.1, 0.15) is 37.4 Å². The fourth-order valence-electron chi connectivity index (χ4n) is 3.20. The molecule has 150 valence electrons. The van der Waals surface area contributed by atoms with Crippen molar-refractivity contribution in [2.45, 2.75) is 13.8 Å². The molecule has 0 spiro atoms. The lowest BCUT2D eigenvalue weighted by atomic mass is 10.1. The van der Waals surface area contributed by atoms with Crippen molar-refractivity contribution in [1.82, 2.24) is 0 Å². The van der Waals surface area contributed by atoms with E-state index in [4.69, 9.17) is 14.2 Å². The first-order valence-electron chi connectivity index (χ1n) is 9.47. The van der Waals surface area contributed by atoms with Gasteiger partial charge in [0, 0.05) is 5.56 Å². The normalized spacial score (nSPS) is 13.7. The van der Waals surface area contributed by atoms with Crippen LogP contribution in [0.5, 0.6) is 17.2 Å². The average molecular weight is 400 g/mol. The van der Waals surface area contributed by atoms with Gasteiger partial charge in [0.1, 0.15) is 17.2 Å². The molecule has 1 aliphatic rings. The van der Waals surface area contributed by atoms with Crippen LogP contribution < -0.4 is 14.2 Å². The highest BCUT2D eigenvalue weighted by Gasteiger charge is 2.30. The van der Waals surface area contributed by atoms with E-state index in [1.165, 1.54) is 7.11 Å². The summed E-state index contributed by atoms with van der Waals surface area (Å²) in [7, 11) is 1.53. The molecule has 1 heterocycles.